The van der Waals surface area contributed by atoms with Crippen LogP contribution in [0.5, 0.6) is 5.75 Å². The molecule has 0 spiro atoms. The third-order valence-corrected chi connectivity index (χ3v) is 3.32. The quantitative estimate of drug-likeness (QED) is 0.587. The summed E-state index contributed by atoms with van der Waals surface area (Å²) in [5.41, 5.74) is 2.59. The normalized spacial score (nSPS) is 11.9. The number of rotatable bonds is 5. The van der Waals surface area contributed by atoms with Crippen molar-refractivity contribution in [1.29, 1.82) is 0 Å². The van der Waals surface area contributed by atoms with E-state index in [1.165, 1.54) is 18.1 Å². The molecule has 0 aliphatic heterocycles. The Labute approximate surface area is 120 Å². The van der Waals surface area contributed by atoms with Crippen molar-refractivity contribution in [3.8, 4) is 5.75 Å². The first-order valence-corrected chi connectivity index (χ1v) is 7.04. The van der Waals surface area contributed by atoms with Gasteiger partial charge in [0.05, 0.1) is 0 Å². The smallest absolute Gasteiger partial charge is 0.308 e. The molecule has 0 radical (unpaired) electrons. The average Bonchev–Trinajstić information content (AvgIpc) is 2.46. The van der Waals surface area contributed by atoms with Gasteiger partial charge in [-0.05, 0) is 29.7 Å². The summed E-state index contributed by atoms with van der Waals surface area (Å²) >= 11 is 0. The Morgan fingerprint density at radius 3 is 2.15 bits per heavy atom. The minimum atomic E-state index is -0.286. The van der Waals surface area contributed by atoms with Crippen LogP contribution in [0.3, 0.4) is 0 Å². The fourth-order valence-corrected chi connectivity index (χ4v) is 2.43. The third-order valence-electron chi connectivity index (χ3n) is 3.32. The molecule has 2 aromatic carbocycles. The lowest BCUT2D eigenvalue weighted by atomic mass is 9.88. The molecule has 0 aromatic heterocycles. The molecule has 0 heterocycles. The molecule has 0 aliphatic carbocycles. The second-order valence-electron chi connectivity index (χ2n) is 4.91. The Bertz CT molecular complexity index is 543. The van der Waals surface area contributed by atoms with E-state index in [9.17, 15) is 4.79 Å². The molecule has 2 heteroatoms. The summed E-state index contributed by atoms with van der Waals surface area (Å²) < 4.78 is 5.08. The van der Waals surface area contributed by atoms with Crippen molar-refractivity contribution in [2.75, 3.05) is 0 Å². The SMILES string of the molecule is CCCC(c1ccccc1)c1ccc(OC(C)=O)cc1. The van der Waals surface area contributed by atoms with Gasteiger partial charge in [0.25, 0.3) is 0 Å². The Balaban J connectivity index is 2.24. The summed E-state index contributed by atoms with van der Waals surface area (Å²) in [6.07, 6.45) is 2.24. The highest BCUT2D eigenvalue weighted by molar-refractivity contribution is 5.69. The molecule has 0 bridgehead atoms. The zero-order valence-electron chi connectivity index (χ0n) is 12.0. The fourth-order valence-electron chi connectivity index (χ4n) is 2.43. The van der Waals surface area contributed by atoms with Gasteiger partial charge in [0, 0.05) is 12.8 Å². The maximum absolute atomic E-state index is 10.9. The maximum Gasteiger partial charge on any atom is 0.308 e. The maximum atomic E-state index is 10.9. The van der Waals surface area contributed by atoms with Crippen LogP contribution in [0.4, 0.5) is 0 Å². The largest absolute Gasteiger partial charge is 0.427 e. The third kappa shape index (κ3) is 3.70. The lowest BCUT2D eigenvalue weighted by Gasteiger charge is -2.17. The van der Waals surface area contributed by atoms with Crippen molar-refractivity contribution in [3.63, 3.8) is 0 Å². The van der Waals surface area contributed by atoms with Crippen molar-refractivity contribution in [2.24, 2.45) is 0 Å². The number of benzene rings is 2. The topological polar surface area (TPSA) is 26.3 Å². The lowest BCUT2D eigenvalue weighted by Crippen LogP contribution is -2.03. The van der Waals surface area contributed by atoms with E-state index in [2.05, 4.69) is 31.2 Å². The number of ether oxygens (including phenoxy) is 1. The van der Waals surface area contributed by atoms with Gasteiger partial charge < -0.3 is 4.74 Å². The first-order valence-electron chi connectivity index (χ1n) is 7.04. The molecule has 2 rings (SSSR count). The first kappa shape index (κ1) is 14.3. The number of carbonyl (C=O) groups is 1. The van der Waals surface area contributed by atoms with E-state index < -0.39 is 0 Å². The molecule has 1 atom stereocenters. The number of carbonyl (C=O) groups excluding carboxylic acids is 1. The Kier molecular flexibility index (Phi) is 4.94. The van der Waals surface area contributed by atoms with Crippen LogP contribution < -0.4 is 4.74 Å². The summed E-state index contributed by atoms with van der Waals surface area (Å²) in [6, 6.07) is 18.3. The molecule has 0 saturated heterocycles. The predicted molar refractivity (Wildman–Crippen MR) is 80.9 cm³/mol. The fraction of sp³-hybridized carbons (Fsp3) is 0.278. The van der Waals surface area contributed by atoms with Crippen molar-refractivity contribution in [2.45, 2.75) is 32.6 Å². The minimum Gasteiger partial charge on any atom is -0.427 e. The minimum absolute atomic E-state index is 0.286. The Morgan fingerprint density at radius 1 is 1.00 bits per heavy atom. The molecular weight excluding hydrogens is 248 g/mol. The number of hydrogen-bond donors (Lipinski definition) is 0. The van der Waals surface area contributed by atoms with Gasteiger partial charge in [0.1, 0.15) is 5.75 Å². The van der Waals surface area contributed by atoms with Crippen molar-refractivity contribution in [1.82, 2.24) is 0 Å². The van der Waals surface area contributed by atoms with Gasteiger partial charge in [0.2, 0.25) is 0 Å². The average molecular weight is 268 g/mol. The number of esters is 1. The van der Waals surface area contributed by atoms with Gasteiger partial charge in [-0.15, -0.1) is 0 Å². The van der Waals surface area contributed by atoms with Crippen LogP contribution >= 0.6 is 0 Å². The van der Waals surface area contributed by atoms with E-state index in [4.69, 9.17) is 4.74 Å². The number of hydrogen-bond acceptors (Lipinski definition) is 2. The van der Waals surface area contributed by atoms with Crippen molar-refractivity contribution in [3.05, 3.63) is 65.7 Å². The summed E-state index contributed by atoms with van der Waals surface area (Å²) in [5.74, 6) is 0.711. The molecule has 1 unspecified atom stereocenters. The van der Waals surface area contributed by atoms with Crippen LogP contribution in [0.1, 0.15) is 43.7 Å². The van der Waals surface area contributed by atoms with Gasteiger partial charge in [-0.25, -0.2) is 0 Å². The Morgan fingerprint density at radius 2 is 1.60 bits per heavy atom. The van der Waals surface area contributed by atoms with Gasteiger partial charge in [-0.1, -0.05) is 55.8 Å². The van der Waals surface area contributed by atoms with Gasteiger partial charge in [-0.2, -0.15) is 0 Å². The van der Waals surface area contributed by atoms with E-state index in [-0.39, 0.29) is 5.97 Å². The van der Waals surface area contributed by atoms with Crippen LogP contribution in [0.15, 0.2) is 54.6 Å². The van der Waals surface area contributed by atoms with Gasteiger partial charge >= 0.3 is 5.97 Å². The van der Waals surface area contributed by atoms with E-state index in [0.717, 1.165) is 12.8 Å². The van der Waals surface area contributed by atoms with E-state index in [0.29, 0.717) is 11.7 Å². The molecular formula is C18H20O2. The highest BCUT2D eigenvalue weighted by Crippen LogP contribution is 2.30. The van der Waals surface area contributed by atoms with Crippen LogP contribution in [-0.2, 0) is 4.79 Å². The van der Waals surface area contributed by atoms with Crippen LogP contribution in [0, 0.1) is 0 Å². The second kappa shape index (κ2) is 6.90. The summed E-state index contributed by atoms with van der Waals surface area (Å²) in [7, 11) is 0. The molecule has 2 aromatic rings. The zero-order valence-corrected chi connectivity index (χ0v) is 12.0. The molecule has 0 N–H and O–H groups in total. The summed E-state index contributed by atoms with van der Waals surface area (Å²) in [5, 5.41) is 0. The molecule has 2 nitrogen and oxygen atoms in total. The van der Waals surface area contributed by atoms with Crippen molar-refractivity contribution >= 4 is 5.97 Å². The summed E-state index contributed by atoms with van der Waals surface area (Å²) in [4.78, 5) is 10.9. The molecule has 104 valence electrons. The highest BCUT2D eigenvalue weighted by atomic mass is 16.5. The summed E-state index contributed by atoms with van der Waals surface area (Å²) in [6.45, 7) is 3.61. The molecule has 0 amide bonds. The van der Waals surface area contributed by atoms with Gasteiger partial charge in [-0.3, -0.25) is 4.79 Å². The van der Waals surface area contributed by atoms with Gasteiger partial charge in [0.15, 0.2) is 0 Å². The second-order valence-corrected chi connectivity index (χ2v) is 4.91. The van der Waals surface area contributed by atoms with Crippen molar-refractivity contribution < 1.29 is 9.53 Å². The standard InChI is InChI=1S/C18H20O2/c1-3-7-18(15-8-5-4-6-9-15)16-10-12-17(13-11-16)20-14(2)19/h4-6,8-13,18H,3,7H2,1-2H3. The monoisotopic (exact) mass is 268 g/mol. The zero-order chi connectivity index (χ0) is 14.4. The molecule has 0 saturated carbocycles. The van der Waals surface area contributed by atoms with Crippen LogP contribution in [-0.4, -0.2) is 5.97 Å². The van der Waals surface area contributed by atoms with E-state index in [1.807, 2.05) is 30.3 Å². The highest BCUT2D eigenvalue weighted by Gasteiger charge is 2.13. The van der Waals surface area contributed by atoms with E-state index >= 15 is 0 Å². The molecule has 0 fully saturated rings. The van der Waals surface area contributed by atoms with E-state index in [1.54, 1.807) is 0 Å². The Hall–Kier alpha value is -2.09. The van der Waals surface area contributed by atoms with Crippen LogP contribution in [0.25, 0.3) is 0 Å². The molecule has 0 aliphatic rings. The van der Waals surface area contributed by atoms with Crippen LogP contribution in [0.2, 0.25) is 0 Å². The first-order chi connectivity index (χ1) is 9.70. The molecule has 20 heavy (non-hydrogen) atoms. The lowest BCUT2D eigenvalue weighted by molar-refractivity contribution is -0.131. The predicted octanol–water partition coefficient (Wildman–Crippen LogP) is 4.54.